The van der Waals surface area contributed by atoms with Crippen molar-refractivity contribution in [2.75, 3.05) is 17.2 Å². The van der Waals surface area contributed by atoms with Crippen LogP contribution in [0.1, 0.15) is 36.0 Å². The maximum absolute atomic E-state index is 14.4. The molecule has 1 saturated carbocycles. The second-order valence-corrected chi connectivity index (χ2v) is 9.51. The first-order chi connectivity index (χ1) is 14.4. The number of carbonyl (C=O) groups is 2. The number of hydrogen-bond donors (Lipinski definition) is 0. The Balaban J connectivity index is 1.61. The average Bonchev–Trinajstić information content (AvgIpc) is 3.20. The van der Waals surface area contributed by atoms with Gasteiger partial charge in [-0.3, -0.25) is 9.59 Å². The average molecular weight is 429 g/mol. The Bertz CT molecular complexity index is 1040. The molecule has 156 valence electrons. The monoisotopic (exact) mass is 428 g/mol. The number of aryl methyl sites for hydroxylation is 1. The van der Waals surface area contributed by atoms with Gasteiger partial charge in [-0.1, -0.05) is 30.2 Å². The third kappa shape index (κ3) is 2.71. The van der Waals surface area contributed by atoms with Gasteiger partial charge in [0.15, 0.2) is 4.87 Å². The van der Waals surface area contributed by atoms with Crippen molar-refractivity contribution < 1.29 is 18.4 Å². The van der Waals surface area contributed by atoms with Gasteiger partial charge in [0.1, 0.15) is 11.6 Å². The number of thioether (sulfide) groups is 1. The van der Waals surface area contributed by atoms with Crippen LogP contribution in [0.5, 0.6) is 0 Å². The van der Waals surface area contributed by atoms with Gasteiger partial charge in [0.05, 0.1) is 12.2 Å². The maximum Gasteiger partial charge on any atom is 0.268 e. The van der Waals surface area contributed by atoms with Crippen LogP contribution in [0, 0.1) is 24.5 Å². The van der Waals surface area contributed by atoms with Gasteiger partial charge in [-0.15, -0.1) is 11.8 Å². The van der Waals surface area contributed by atoms with Crippen LogP contribution in [0.3, 0.4) is 0 Å². The highest BCUT2D eigenvalue weighted by atomic mass is 32.2. The van der Waals surface area contributed by atoms with E-state index in [1.54, 1.807) is 4.90 Å². The number of carbonyl (C=O) groups excluding carboxylic acids is 2. The lowest BCUT2D eigenvalue weighted by atomic mass is 9.84. The molecule has 0 radical (unpaired) electrons. The molecule has 4 nitrogen and oxygen atoms in total. The normalized spacial score (nSPS) is 23.2. The van der Waals surface area contributed by atoms with E-state index in [2.05, 4.69) is 0 Å². The molecular weight excluding hydrogens is 406 g/mol. The van der Waals surface area contributed by atoms with Gasteiger partial charge in [0.2, 0.25) is 5.91 Å². The number of hydrogen-bond acceptors (Lipinski definition) is 3. The summed E-state index contributed by atoms with van der Waals surface area (Å²) in [5, 5.41) is 0. The van der Waals surface area contributed by atoms with E-state index in [4.69, 9.17) is 0 Å². The molecule has 2 aromatic carbocycles. The number of nitrogens with zero attached hydrogens (tertiary/aromatic N) is 2. The van der Waals surface area contributed by atoms with Crippen molar-refractivity contribution in [3.05, 3.63) is 64.7 Å². The van der Waals surface area contributed by atoms with Gasteiger partial charge in [-0.2, -0.15) is 0 Å². The van der Waals surface area contributed by atoms with Crippen molar-refractivity contribution in [1.29, 1.82) is 0 Å². The van der Waals surface area contributed by atoms with E-state index in [-0.39, 0.29) is 29.8 Å². The molecule has 1 saturated heterocycles. The van der Waals surface area contributed by atoms with E-state index in [0.29, 0.717) is 18.0 Å². The summed E-state index contributed by atoms with van der Waals surface area (Å²) in [6.45, 7) is 2.23. The molecule has 1 unspecified atom stereocenters. The summed E-state index contributed by atoms with van der Waals surface area (Å²) in [5.41, 5.74) is 2.20. The van der Waals surface area contributed by atoms with Gasteiger partial charge in [0, 0.05) is 29.3 Å². The van der Waals surface area contributed by atoms with E-state index in [1.165, 1.54) is 34.9 Å². The Morgan fingerprint density at radius 1 is 1.20 bits per heavy atom. The quantitative estimate of drug-likeness (QED) is 0.730. The van der Waals surface area contributed by atoms with Crippen LogP contribution < -0.4 is 4.90 Å². The minimum absolute atomic E-state index is 0.0194. The van der Waals surface area contributed by atoms with Crippen LogP contribution in [0.2, 0.25) is 0 Å². The lowest BCUT2D eigenvalue weighted by molar-refractivity contribution is -0.145. The number of anilines is 1. The lowest BCUT2D eigenvalue weighted by Crippen LogP contribution is -2.52. The minimum Gasteiger partial charge on any atom is -0.315 e. The molecule has 3 aliphatic rings. The molecule has 0 bridgehead atoms. The number of amides is 2. The van der Waals surface area contributed by atoms with Gasteiger partial charge >= 0.3 is 0 Å². The smallest absolute Gasteiger partial charge is 0.268 e. The SMILES string of the molecule is Cc1ccc2c(c1)C1(SCCN1C(=O)C1CCC1)C(=O)N2Cc1c(F)cccc1F. The Morgan fingerprint density at radius 2 is 1.93 bits per heavy atom. The number of fused-ring (bicyclic) bond motifs is 2. The molecule has 1 aliphatic carbocycles. The topological polar surface area (TPSA) is 40.6 Å². The number of rotatable bonds is 3. The summed E-state index contributed by atoms with van der Waals surface area (Å²) in [7, 11) is 0. The van der Waals surface area contributed by atoms with Crippen molar-refractivity contribution in [3.63, 3.8) is 0 Å². The zero-order chi connectivity index (χ0) is 21.0. The van der Waals surface area contributed by atoms with E-state index in [1.807, 2.05) is 25.1 Å². The maximum atomic E-state index is 14.4. The highest BCUT2D eigenvalue weighted by Gasteiger charge is 2.60. The van der Waals surface area contributed by atoms with E-state index >= 15 is 0 Å². The molecule has 2 amide bonds. The molecule has 2 heterocycles. The predicted octanol–water partition coefficient (Wildman–Crippen LogP) is 4.35. The fourth-order valence-corrected chi connectivity index (χ4v) is 6.08. The van der Waals surface area contributed by atoms with Crippen LogP contribution in [0.15, 0.2) is 36.4 Å². The minimum atomic E-state index is -1.14. The summed E-state index contributed by atoms with van der Waals surface area (Å²) in [6.07, 6.45) is 2.75. The third-order valence-electron chi connectivity index (χ3n) is 6.45. The van der Waals surface area contributed by atoms with Crippen LogP contribution in [0.25, 0.3) is 0 Å². The first-order valence-corrected chi connectivity index (χ1v) is 11.2. The molecular formula is C23H22F2N2O2S. The second kappa shape index (κ2) is 7.08. The van der Waals surface area contributed by atoms with Crippen LogP contribution in [-0.4, -0.2) is 29.0 Å². The first kappa shape index (κ1) is 19.5. The molecule has 2 aliphatic heterocycles. The Kier molecular flexibility index (Phi) is 4.61. The van der Waals surface area contributed by atoms with Crippen molar-refractivity contribution in [1.82, 2.24) is 4.90 Å². The second-order valence-electron chi connectivity index (χ2n) is 8.22. The van der Waals surface area contributed by atoms with Gasteiger partial charge in [-0.25, -0.2) is 8.78 Å². The summed E-state index contributed by atoms with van der Waals surface area (Å²) in [4.78, 5) is 29.1. The van der Waals surface area contributed by atoms with Crippen LogP contribution >= 0.6 is 11.8 Å². The van der Waals surface area contributed by atoms with E-state index in [9.17, 15) is 18.4 Å². The van der Waals surface area contributed by atoms with Crippen LogP contribution in [-0.2, 0) is 21.0 Å². The molecule has 1 atom stereocenters. The number of benzene rings is 2. The summed E-state index contributed by atoms with van der Waals surface area (Å²) in [5.74, 6) is -1.01. The molecule has 30 heavy (non-hydrogen) atoms. The molecule has 1 spiro atoms. The third-order valence-corrected chi connectivity index (χ3v) is 7.87. The predicted molar refractivity (Wildman–Crippen MR) is 112 cm³/mol. The highest BCUT2D eigenvalue weighted by molar-refractivity contribution is 8.01. The zero-order valence-electron chi connectivity index (χ0n) is 16.7. The van der Waals surface area contributed by atoms with Gasteiger partial charge in [-0.05, 0) is 38.0 Å². The largest absolute Gasteiger partial charge is 0.315 e. The summed E-state index contributed by atoms with van der Waals surface area (Å²) < 4.78 is 28.7. The molecule has 2 aromatic rings. The summed E-state index contributed by atoms with van der Waals surface area (Å²) in [6, 6.07) is 9.34. The standard InChI is InChI=1S/C23H22F2N2O2S/c1-14-8-9-20-17(12-14)23(27(10-11-30-23)21(28)15-4-2-5-15)22(29)26(20)13-16-18(24)6-3-7-19(16)25/h3,6-9,12,15H,2,4-5,10-11,13H2,1H3. The molecule has 0 aromatic heterocycles. The zero-order valence-corrected chi connectivity index (χ0v) is 17.5. The Morgan fingerprint density at radius 3 is 2.60 bits per heavy atom. The van der Waals surface area contributed by atoms with Gasteiger partial charge < -0.3 is 9.80 Å². The highest BCUT2D eigenvalue weighted by Crippen LogP contribution is 2.55. The fraction of sp³-hybridized carbons (Fsp3) is 0.391. The Hall–Kier alpha value is -2.41. The van der Waals surface area contributed by atoms with Crippen LogP contribution in [0.4, 0.5) is 14.5 Å². The summed E-state index contributed by atoms with van der Waals surface area (Å²) >= 11 is 1.45. The van der Waals surface area contributed by atoms with Crippen molar-refractivity contribution in [3.8, 4) is 0 Å². The molecule has 5 rings (SSSR count). The van der Waals surface area contributed by atoms with E-state index < -0.39 is 16.5 Å². The van der Waals surface area contributed by atoms with E-state index in [0.717, 1.165) is 30.4 Å². The van der Waals surface area contributed by atoms with Crippen molar-refractivity contribution in [2.45, 2.75) is 37.6 Å². The van der Waals surface area contributed by atoms with Crippen molar-refractivity contribution in [2.24, 2.45) is 5.92 Å². The van der Waals surface area contributed by atoms with Gasteiger partial charge in [0.25, 0.3) is 5.91 Å². The fourth-order valence-electron chi connectivity index (χ4n) is 4.62. The molecule has 0 N–H and O–H groups in total. The van der Waals surface area contributed by atoms with Crippen molar-refractivity contribution >= 4 is 29.3 Å². The lowest BCUT2D eigenvalue weighted by Gasteiger charge is -2.37. The number of halogens is 2. The molecule has 2 fully saturated rings. The first-order valence-electron chi connectivity index (χ1n) is 10.2. The Labute approximate surface area is 178 Å². The molecule has 7 heteroatoms.